The fourth-order valence-electron chi connectivity index (χ4n) is 4.93. The van der Waals surface area contributed by atoms with E-state index in [1.54, 1.807) is 0 Å². The minimum atomic E-state index is -0.342. The van der Waals surface area contributed by atoms with Crippen molar-refractivity contribution in [1.29, 1.82) is 0 Å². The standard InChI is InChI=1S/C29H53NO5/c1-4-6-8-10-11-12-13-14-15-17-24(34-28(32)20-19-23(3)21-27(30)31)22-26-25(29(33)35-26)18-16-9-7-5-2/h23-26H,4-22H2,1-3H3,(H2,30,31)/t23?,24-,25-,26-/m0/s1. The number of cyclic esters (lactones) is 1. The van der Waals surface area contributed by atoms with Crippen LogP contribution in [-0.4, -0.2) is 30.1 Å². The zero-order valence-electron chi connectivity index (χ0n) is 22.9. The lowest BCUT2D eigenvalue weighted by molar-refractivity contribution is -0.190. The van der Waals surface area contributed by atoms with Crippen LogP contribution in [0.2, 0.25) is 0 Å². The molecule has 0 bridgehead atoms. The Morgan fingerprint density at radius 3 is 2.03 bits per heavy atom. The number of nitrogens with two attached hydrogens (primary N) is 1. The van der Waals surface area contributed by atoms with E-state index < -0.39 is 0 Å². The van der Waals surface area contributed by atoms with Crippen LogP contribution >= 0.6 is 0 Å². The minimum Gasteiger partial charge on any atom is -0.462 e. The minimum absolute atomic E-state index is 0.0493. The molecule has 0 aromatic carbocycles. The Morgan fingerprint density at radius 1 is 0.886 bits per heavy atom. The first-order chi connectivity index (χ1) is 16.9. The van der Waals surface area contributed by atoms with E-state index in [0.717, 1.165) is 38.5 Å². The van der Waals surface area contributed by atoms with Crippen molar-refractivity contribution >= 4 is 17.8 Å². The van der Waals surface area contributed by atoms with Gasteiger partial charge in [0.2, 0.25) is 5.91 Å². The van der Waals surface area contributed by atoms with Crippen LogP contribution < -0.4 is 5.73 Å². The monoisotopic (exact) mass is 495 g/mol. The number of hydrogen-bond donors (Lipinski definition) is 1. The molecule has 2 N–H and O–H groups in total. The van der Waals surface area contributed by atoms with E-state index in [0.29, 0.717) is 12.8 Å². The molecular weight excluding hydrogens is 442 g/mol. The molecule has 0 radical (unpaired) electrons. The maximum Gasteiger partial charge on any atom is 0.313 e. The molecule has 1 saturated heterocycles. The van der Waals surface area contributed by atoms with Gasteiger partial charge in [-0.2, -0.15) is 0 Å². The van der Waals surface area contributed by atoms with Crippen molar-refractivity contribution in [3.05, 3.63) is 0 Å². The van der Waals surface area contributed by atoms with Crippen molar-refractivity contribution in [2.24, 2.45) is 17.6 Å². The molecule has 6 nitrogen and oxygen atoms in total. The number of primary amides is 1. The lowest BCUT2D eigenvalue weighted by Crippen LogP contribution is -2.47. The van der Waals surface area contributed by atoms with Crippen LogP contribution in [0.25, 0.3) is 0 Å². The molecule has 4 atom stereocenters. The van der Waals surface area contributed by atoms with Crippen LogP contribution in [0.15, 0.2) is 0 Å². The predicted molar refractivity (Wildman–Crippen MR) is 141 cm³/mol. The lowest BCUT2D eigenvalue weighted by Gasteiger charge is -2.37. The summed E-state index contributed by atoms with van der Waals surface area (Å²) in [7, 11) is 0. The van der Waals surface area contributed by atoms with Gasteiger partial charge in [-0.25, -0.2) is 0 Å². The summed E-state index contributed by atoms with van der Waals surface area (Å²) in [5.41, 5.74) is 5.26. The van der Waals surface area contributed by atoms with Gasteiger partial charge in [0, 0.05) is 19.3 Å². The third-order valence-corrected chi connectivity index (χ3v) is 7.20. The maximum absolute atomic E-state index is 12.5. The normalized spacial score (nSPS) is 19.0. The molecule has 0 aliphatic carbocycles. The fourth-order valence-corrected chi connectivity index (χ4v) is 4.93. The molecule has 0 saturated carbocycles. The summed E-state index contributed by atoms with van der Waals surface area (Å²) in [5.74, 6) is -0.652. The molecular formula is C29H53NO5. The number of ether oxygens (including phenoxy) is 2. The number of hydrogen-bond acceptors (Lipinski definition) is 5. The van der Waals surface area contributed by atoms with Crippen LogP contribution in [0.1, 0.15) is 143 Å². The van der Waals surface area contributed by atoms with Crippen LogP contribution in [0, 0.1) is 11.8 Å². The van der Waals surface area contributed by atoms with Crippen molar-refractivity contribution < 1.29 is 23.9 Å². The molecule has 6 heteroatoms. The summed E-state index contributed by atoms with van der Waals surface area (Å²) in [4.78, 5) is 35.7. The van der Waals surface area contributed by atoms with Crippen LogP contribution in [0.4, 0.5) is 0 Å². The topological polar surface area (TPSA) is 95.7 Å². The van der Waals surface area contributed by atoms with E-state index >= 15 is 0 Å². The van der Waals surface area contributed by atoms with Crippen LogP contribution in [0.5, 0.6) is 0 Å². The molecule has 204 valence electrons. The highest BCUT2D eigenvalue weighted by molar-refractivity contribution is 5.78. The lowest BCUT2D eigenvalue weighted by atomic mass is 9.86. The summed E-state index contributed by atoms with van der Waals surface area (Å²) in [6, 6.07) is 0. The smallest absolute Gasteiger partial charge is 0.313 e. The van der Waals surface area contributed by atoms with Gasteiger partial charge in [0.25, 0.3) is 0 Å². The Balaban J connectivity index is 2.46. The van der Waals surface area contributed by atoms with Crippen molar-refractivity contribution in [1.82, 2.24) is 0 Å². The molecule has 1 heterocycles. The van der Waals surface area contributed by atoms with Gasteiger partial charge < -0.3 is 15.2 Å². The highest BCUT2D eigenvalue weighted by atomic mass is 16.6. The molecule has 1 unspecified atom stereocenters. The van der Waals surface area contributed by atoms with E-state index in [-0.39, 0.29) is 54.7 Å². The molecule has 1 rings (SSSR count). The molecule has 0 aromatic heterocycles. The number of esters is 2. The second-order valence-corrected chi connectivity index (χ2v) is 10.7. The first-order valence-corrected chi connectivity index (χ1v) is 14.6. The van der Waals surface area contributed by atoms with Crippen molar-refractivity contribution in [3.8, 4) is 0 Å². The number of carbonyl (C=O) groups excluding carboxylic acids is 3. The zero-order valence-corrected chi connectivity index (χ0v) is 22.9. The first kappa shape index (κ1) is 31.4. The van der Waals surface area contributed by atoms with Gasteiger partial charge >= 0.3 is 11.9 Å². The second kappa shape index (κ2) is 19.6. The predicted octanol–water partition coefficient (Wildman–Crippen LogP) is 7.01. The third kappa shape index (κ3) is 15.2. The molecule has 1 amide bonds. The van der Waals surface area contributed by atoms with Gasteiger partial charge in [-0.15, -0.1) is 0 Å². The molecule has 1 aliphatic rings. The van der Waals surface area contributed by atoms with Gasteiger partial charge in [-0.3, -0.25) is 14.4 Å². The average molecular weight is 496 g/mol. The Bertz CT molecular complexity index is 594. The average Bonchev–Trinajstić information content (AvgIpc) is 2.80. The quantitative estimate of drug-likeness (QED) is 0.121. The van der Waals surface area contributed by atoms with Crippen molar-refractivity contribution in [3.63, 3.8) is 0 Å². The summed E-state index contributed by atoms with van der Waals surface area (Å²) in [6.45, 7) is 6.35. The highest BCUT2D eigenvalue weighted by Gasteiger charge is 2.43. The Kier molecular flexibility index (Phi) is 17.6. The summed E-state index contributed by atoms with van der Waals surface area (Å²) in [5, 5.41) is 0. The SMILES string of the molecule is CCCCCCCCCCC[C@@H](C[C@@H]1OC(=O)[C@H]1CCCCCC)OC(=O)CCC(C)CC(N)=O. The summed E-state index contributed by atoms with van der Waals surface area (Å²) in [6.07, 6.45) is 18.9. The van der Waals surface area contributed by atoms with E-state index in [4.69, 9.17) is 15.2 Å². The first-order valence-electron chi connectivity index (χ1n) is 14.6. The number of carbonyl (C=O) groups is 3. The number of unbranched alkanes of at least 4 members (excludes halogenated alkanes) is 11. The van der Waals surface area contributed by atoms with E-state index in [1.165, 1.54) is 57.8 Å². The van der Waals surface area contributed by atoms with Crippen LogP contribution in [0.3, 0.4) is 0 Å². The van der Waals surface area contributed by atoms with Gasteiger partial charge in [-0.05, 0) is 31.6 Å². The van der Waals surface area contributed by atoms with Gasteiger partial charge in [0.1, 0.15) is 12.2 Å². The number of rotatable bonds is 23. The Morgan fingerprint density at radius 2 is 1.46 bits per heavy atom. The molecule has 1 fully saturated rings. The fraction of sp³-hybridized carbons (Fsp3) is 0.897. The van der Waals surface area contributed by atoms with E-state index in [9.17, 15) is 14.4 Å². The molecule has 1 aliphatic heterocycles. The Labute approximate surface area is 214 Å². The van der Waals surface area contributed by atoms with Gasteiger partial charge in [0.05, 0.1) is 5.92 Å². The van der Waals surface area contributed by atoms with Gasteiger partial charge in [0.15, 0.2) is 0 Å². The Hall–Kier alpha value is -1.59. The molecule has 0 spiro atoms. The third-order valence-electron chi connectivity index (χ3n) is 7.20. The van der Waals surface area contributed by atoms with Crippen molar-refractivity contribution in [2.75, 3.05) is 0 Å². The van der Waals surface area contributed by atoms with E-state index in [2.05, 4.69) is 13.8 Å². The second-order valence-electron chi connectivity index (χ2n) is 10.7. The molecule has 35 heavy (non-hydrogen) atoms. The highest BCUT2D eigenvalue weighted by Crippen LogP contribution is 2.32. The van der Waals surface area contributed by atoms with Gasteiger partial charge in [-0.1, -0.05) is 97.8 Å². The maximum atomic E-state index is 12.5. The molecule has 0 aromatic rings. The van der Waals surface area contributed by atoms with Crippen molar-refractivity contribution in [2.45, 2.75) is 155 Å². The van der Waals surface area contributed by atoms with Crippen LogP contribution in [-0.2, 0) is 23.9 Å². The zero-order chi connectivity index (χ0) is 25.9. The number of amides is 1. The summed E-state index contributed by atoms with van der Waals surface area (Å²) >= 11 is 0. The largest absolute Gasteiger partial charge is 0.462 e. The van der Waals surface area contributed by atoms with E-state index in [1.807, 2.05) is 6.92 Å². The summed E-state index contributed by atoms with van der Waals surface area (Å²) < 4.78 is 11.3.